The second-order valence-corrected chi connectivity index (χ2v) is 7.85. The van der Waals surface area contributed by atoms with Gasteiger partial charge in [-0.1, -0.05) is 17.7 Å². The van der Waals surface area contributed by atoms with Crippen LogP contribution in [0, 0.1) is 5.92 Å². The molecule has 1 saturated carbocycles. The predicted octanol–water partition coefficient (Wildman–Crippen LogP) is 2.61. The van der Waals surface area contributed by atoms with Crippen LogP contribution in [0.15, 0.2) is 23.1 Å². The predicted molar refractivity (Wildman–Crippen MR) is 81.1 cm³/mol. The van der Waals surface area contributed by atoms with Gasteiger partial charge in [0.1, 0.15) is 4.90 Å². The minimum Gasteiger partial charge on any atom is -0.326 e. The summed E-state index contributed by atoms with van der Waals surface area (Å²) >= 11 is 6.09. The molecule has 0 aromatic heterocycles. The Labute approximate surface area is 126 Å². The first-order chi connectivity index (χ1) is 9.36. The van der Waals surface area contributed by atoms with Crippen LogP contribution in [-0.2, 0) is 16.6 Å². The van der Waals surface area contributed by atoms with Crippen LogP contribution in [0.25, 0.3) is 0 Å². The van der Waals surface area contributed by atoms with E-state index in [4.69, 9.17) is 17.3 Å². The van der Waals surface area contributed by atoms with Crippen molar-refractivity contribution in [2.75, 3.05) is 6.54 Å². The van der Waals surface area contributed by atoms with Crippen LogP contribution in [0.4, 0.5) is 0 Å². The zero-order valence-corrected chi connectivity index (χ0v) is 13.4. The lowest BCUT2D eigenvalue weighted by molar-refractivity contribution is 0.341. The Bertz CT molecular complexity index is 583. The first-order valence-corrected chi connectivity index (χ1v) is 8.68. The van der Waals surface area contributed by atoms with Gasteiger partial charge in [-0.3, -0.25) is 0 Å². The highest BCUT2D eigenvalue weighted by Crippen LogP contribution is 2.34. The molecule has 1 aliphatic rings. The number of hydrogen-bond acceptors (Lipinski definition) is 3. The molecule has 0 saturated heterocycles. The quantitative estimate of drug-likeness (QED) is 0.877. The van der Waals surface area contributed by atoms with Crippen molar-refractivity contribution < 1.29 is 8.42 Å². The molecule has 0 atom stereocenters. The number of nitrogens with two attached hydrogens (primary N) is 1. The van der Waals surface area contributed by atoms with E-state index in [0.717, 1.165) is 18.4 Å². The molecule has 1 aromatic rings. The molecule has 0 spiro atoms. The number of rotatable bonds is 6. The van der Waals surface area contributed by atoms with Crippen molar-refractivity contribution in [1.29, 1.82) is 0 Å². The smallest absolute Gasteiger partial charge is 0.244 e. The van der Waals surface area contributed by atoms with E-state index in [1.807, 2.05) is 13.8 Å². The number of hydrogen-bond donors (Lipinski definition) is 1. The summed E-state index contributed by atoms with van der Waals surface area (Å²) < 4.78 is 27.2. The van der Waals surface area contributed by atoms with Crippen molar-refractivity contribution in [3.8, 4) is 0 Å². The second kappa shape index (κ2) is 6.02. The maximum absolute atomic E-state index is 12.8. The summed E-state index contributed by atoms with van der Waals surface area (Å²) in [6.07, 6.45) is 2.21. The minimum absolute atomic E-state index is 0.0850. The van der Waals surface area contributed by atoms with Gasteiger partial charge in [0.15, 0.2) is 0 Å². The molecule has 1 fully saturated rings. The zero-order valence-electron chi connectivity index (χ0n) is 11.8. The highest BCUT2D eigenvalue weighted by molar-refractivity contribution is 7.89. The first-order valence-electron chi connectivity index (χ1n) is 6.86. The van der Waals surface area contributed by atoms with Crippen molar-refractivity contribution in [2.45, 2.75) is 44.2 Å². The lowest BCUT2D eigenvalue weighted by atomic mass is 10.2. The summed E-state index contributed by atoms with van der Waals surface area (Å²) in [5.74, 6) is 0.489. The normalized spacial score (nSPS) is 16.1. The van der Waals surface area contributed by atoms with Gasteiger partial charge in [-0.25, -0.2) is 8.42 Å². The lowest BCUT2D eigenvalue weighted by Crippen LogP contribution is -2.38. The molecule has 4 nitrogen and oxygen atoms in total. The molecule has 0 bridgehead atoms. The maximum Gasteiger partial charge on any atom is 0.244 e. The molecule has 2 rings (SSSR count). The molecule has 0 radical (unpaired) electrons. The van der Waals surface area contributed by atoms with Crippen LogP contribution in [-0.4, -0.2) is 25.3 Å². The summed E-state index contributed by atoms with van der Waals surface area (Å²) in [6, 6.07) is 4.85. The standard InChI is InChI=1S/C14H21ClN2O2S/c1-10(2)17(9-11-3-4-11)20(18,19)14-7-12(8-16)5-6-13(14)15/h5-7,10-11H,3-4,8-9,16H2,1-2H3. The van der Waals surface area contributed by atoms with E-state index < -0.39 is 10.0 Å². The van der Waals surface area contributed by atoms with Crippen LogP contribution in [0.2, 0.25) is 5.02 Å². The van der Waals surface area contributed by atoms with Crippen LogP contribution >= 0.6 is 11.6 Å². The number of nitrogens with zero attached hydrogens (tertiary/aromatic N) is 1. The average Bonchev–Trinajstić information content (AvgIpc) is 3.19. The van der Waals surface area contributed by atoms with Crippen molar-refractivity contribution in [1.82, 2.24) is 4.31 Å². The van der Waals surface area contributed by atoms with Gasteiger partial charge in [0.25, 0.3) is 0 Å². The largest absolute Gasteiger partial charge is 0.326 e. The van der Waals surface area contributed by atoms with Gasteiger partial charge < -0.3 is 5.73 Å². The highest BCUT2D eigenvalue weighted by Gasteiger charge is 2.34. The lowest BCUT2D eigenvalue weighted by Gasteiger charge is -2.26. The van der Waals surface area contributed by atoms with E-state index in [0.29, 0.717) is 19.0 Å². The van der Waals surface area contributed by atoms with Crippen LogP contribution in [0.1, 0.15) is 32.3 Å². The number of sulfonamides is 1. The molecule has 112 valence electrons. The Morgan fingerprint density at radius 1 is 1.40 bits per heavy atom. The Hall–Kier alpha value is -0.620. The highest BCUT2D eigenvalue weighted by atomic mass is 35.5. The maximum atomic E-state index is 12.8. The third-order valence-corrected chi connectivity index (χ3v) is 6.05. The van der Waals surface area contributed by atoms with Crippen molar-refractivity contribution in [3.63, 3.8) is 0 Å². The summed E-state index contributed by atoms with van der Waals surface area (Å²) in [6.45, 7) is 4.65. The Kier molecular flexibility index (Phi) is 4.74. The fourth-order valence-corrected chi connectivity index (χ4v) is 4.38. The molecular weight excluding hydrogens is 296 g/mol. The fourth-order valence-electron chi connectivity index (χ4n) is 2.14. The van der Waals surface area contributed by atoms with Crippen LogP contribution in [0.3, 0.4) is 0 Å². The third kappa shape index (κ3) is 3.34. The van der Waals surface area contributed by atoms with E-state index in [1.165, 1.54) is 0 Å². The number of benzene rings is 1. The van der Waals surface area contributed by atoms with Gasteiger partial charge in [-0.15, -0.1) is 0 Å². The van der Waals surface area contributed by atoms with E-state index in [9.17, 15) is 8.42 Å². The Morgan fingerprint density at radius 3 is 2.55 bits per heavy atom. The van der Waals surface area contributed by atoms with Gasteiger partial charge in [-0.2, -0.15) is 4.31 Å². The topological polar surface area (TPSA) is 63.4 Å². The van der Waals surface area contributed by atoms with Gasteiger partial charge in [0, 0.05) is 19.1 Å². The van der Waals surface area contributed by atoms with Crippen molar-refractivity contribution >= 4 is 21.6 Å². The second-order valence-electron chi connectivity index (χ2n) is 5.58. The minimum atomic E-state index is -3.57. The molecule has 0 aliphatic heterocycles. The molecule has 20 heavy (non-hydrogen) atoms. The zero-order chi connectivity index (χ0) is 14.9. The Morgan fingerprint density at radius 2 is 2.05 bits per heavy atom. The fraction of sp³-hybridized carbons (Fsp3) is 0.571. The summed E-state index contributed by atoms with van der Waals surface area (Å²) in [5.41, 5.74) is 6.35. The summed E-state index contributed by atoms with van der Waals surface area (Å²) in [5, 5.41) is 0.253. The molecule has 0 heterocycles. The van der Waals surface area contributed by atoms with Gasteiger partial charge in [0.2, 0.25) is 10.0 Å². The van der Waals surface area contributed by atoms with Gasteiger partial charge in [-0.05, 0) is 50.3 Å². The van der Waals surface area contributed by atoms with E-state index in [1.54, 1.807) is 22.5 Å². The van der Waals surface area contributed by atoms with Gasteiger partial charge in [0.05, 0.1) is 5.02 Å². The van der Waals surface area contributed by atoms with E-state index in [2.05, 4.69) is 0 Å². The molecule has 1 aliphatic carbocycles. The van der Waals surface area contributed by atoms with Crippen LogP contribution in [0.5, 0.6) is 0 Å². The molecular formula is C14H21ClN2O2S. The summed E-state index contributed by atoms with van der Waals surface area (Å²) in [4.78, 5) is 0.163. The molecule has 0 amide bonds. The molecule has 2 N–H and O–H groups in total. The van der Waals surface area contributed by atoms with Crippen molar-refractivity contribution in [3.05, 3.63) is 28.8 Å². The monoisotopic (exact) mass is 316 g/mol. The summed E-state index contributed by atoms with van der Waals surface area (Å²) in [7, 11) is -3.57. The van der Waals surface area contributed by atoms with E-state index in [-0.39, 0.29) is 16.0 Å². The molecule has 1 aromatic carbocycles. The van der Waals surface area contributed by atoms with Gasteiger partial charge >= 0.3 is 0 Å². The van der Waals surface area contributed by atoms with Crippen molar-refractivity contribution in [2.24, 2.45) is 11.7 Å². The Balaban J connectivity index is 2.40. The molecule has 0 unspecified atom stereocenters. The molecule has 6 heteroatoms. The first kappa shape index (κ1) is 15.8. The SMILES string of the molecule is CC(C)N(CC1CC1)S(=O)(=O)c1cc(CN)ccc1Cl. The van der Waals surface area contributed by atoms with Crippen LogP contribution < -0.4 is 5.73 Å². The third-order valence-electron chi connectivity index (χ3n) is 3.53. The van der Waals surface area contributed by atoms with E-state index >= 15 is 0 Å². The number of halogens is 1. The average molecular weight is 317 g/mol.